The van der Waals surface area contributed by atoms with Crippen molar-refractivity contribution in [3.63, 3.8) is 0 Å². The molecule has 0 aliphatic carbocycles. The number of ether oxygens (including phenoxy) is 1. The second kappa shape index (κ2) is 9.76. The molecule has 10 heteroatoms. The van der Waals surface area contributed by atoms with Crippen molar-refractivity contribution in [2.24, 2.45) is 0 Å². The van der Waals surface area contributed by atoms with Crippen molar-refractivity contribution in [3.05, 3.63) is 52.5 Å². The van der Waals surface area contributed by atoms with Gasteiger partial charge in [0, 0.05) is 24.2 Å². The third kappa shape index (κ3) is 6.25. The molecule has 0 atom stereocenters. The second-order valence-electron chi connectivity index (χ2n) is 6.97. The molecule has 164 valence electrons. The van der Waals surface area contributed by atoms with E-state index in [1.54, 1.807) is 11.3 Å². The highest BCUT2D eigenvalue weighted by Gasteiger charge is 2.24. The number of nitrogens with one attached hydrogen (secondary N) is 1. The van der Waals surface area contributed by atoms with Crippen LogP contribution in [0, 0.1) is 0 Å². The summed E-state index contributed by atoms with van der Waals surface area (Å²) in [5, 5.41) is 14.4. The number of hydrogen-bond donors (Lipinski definition) is 1. The molecule has 0 radical (unpaired) electrons. The first-order chi connectivity index (χ1) is 14.7. The van der Waals surface area contributed by atoms with Crippen molar-refractivity contribution in [1.29, 1.82) is 0 Å². The number of alkyl halides is 3. The minimum atomic E-state index is -4.64. The van der Waals surface area contributed by atoms with Gasteiger partial charge < -0.3 is 10.1 Å². The smallest absolute Gasteiger partial charge is 0.446 e. The van der Waals surface area contributed by atoms with Crippen molar-refractivity contribution in [3.8, 4) is 26.9 Å². The van der Waals surface area contributed by atoms with Gasteiger partial charge in [-0.1, -0.05) is 35.1 Å². The number of hydrogen-bond acceptors (Lipinski definition) is 6. The molecule has 1 aliphatic rings. The standard InChI is InChI=1S/C19H18ClN3OS.C2HF3O/c1-11(2)24-17-6-5-13(8-16(17)20)19-23-22-18(25-19)12-3-4-14-9-21-10-15(14)7-12;3-2(4,5)1-6/h3-8,11,21H,9-10H2,1-2H3;1H. The molecule has 1 aliphatic heterocycles. The average Bonchev–Trinajstić information content (AvgIpc) is 3.38. The minimum Gasteiger partial charge on any atom is -0.489 e. The Bertz CT molecular complexity index is 1070. The maximum absolute atomic E-state index is 10.4. The Morgan fingerprint density at radius 3 is 2.23 bits per heavy atom. The number of halogens is 4. The van der Waals surface area contributed by atoms with E-state index in [2.05, 4.69) is 33.7 Å². The van der Waals surface area contributed by atoms with Crippen LogP contribution in [0.4, 0.5) is 13.2 Å². The summed E-state index contributed by atoms with van der Waals surface area (Å²) in [6.45, 7) is 5.82. The zero-order valence-corrected chi connectivity index (χ0v) is 18.2. The second-order valence-corrected chi connectivity index (χ2v) is 8.36. The van der Waals surface area contributed by atoms with Gasteiger partial charge in [0.1, 0.15) is 15.8 Å². The molecule has 0 bridgehead atoms. The highest BCUT2D eigenvalue weighted by Crippen LogP contribution is 2.35. The number of aromatic nitrogens is 2. The molecule has 0 saturated heterocycles. The van der Waals surface area contributed by atoms with Crippen LogP contribution >= 0.6 is 22.9 Å². The number of aldehydes is 1. The lowest BCUT2D eigenvalue weighted by molar-refractivity contribution is -0.156. The molecule has 0 saturated carbocycles. The summed E-state index contributed by atoms with van der Waals surface area (Å²) in [5.74, 6) is 0.691. The van der Waals surface area contributed by atoms with Gasteiger partial charge in [-0.15, -0.1) is 10.2 Å². The molecular weight excluding hydrogens is 451 g/mol. The Morgan fingerprint density at radius 2 is 1.65 bits per heavy atom. The van der Waals surface area contributed by atoms with Crippen LogP contribution in [-0.4, -0.2) is 28.8 Å². The SMILES string of the molecule is CC(C)Oc1ccc(-c2nnc(-c3ccc4c(c3)CNC4)s2)cc1Cl.O=CC(F)(F)F. The van der Waals surface area contributed by atoms with Crippen LogP contribution < -0.4 is 10.1 Å². The quantitative estimate of drug-likeness (QED) is 0.499. The lowest BCUT2D eigenvalue weighted by Crippen LogP contribution is -2.07. The highest BCUT2D eigenvalue weighted by molar-refractivity contribution is 7.17. The molecule has 0 amide bonds. The molecule has 5 nitrogen and oxygen atoms in total. The van der Waals surface area contributed by atoms with Crippen LogP contribution in [0.2, 0.25) is 5.02 Å². The Kier molecular flexibility index (Phi) is 7.30. The first kappa shape index (κ1) is 23.2. The number of nitrogens with zero attached hydrogens (tertiary/aromatic N) is 2. The third-order valence-electron chi connectivity index (χ3n) is 4.18. The summed E-state index contributed by atoms with van der Waals surface area (Å²) in [4.78, 5) is 8.70. The van der Waals surface area contributed by atoms with Gasteiger partial charge in [-0.25, -0.2) is 0 Å². The van der Waals surface area contributed by atoms with Gasteiger partial charge >= 0.3 is 6.18 Å². The monoisotopic (exact) mass is 469 g/mol. The van der Waals surface area contributed by atoms with E-state index in [9.17, 15) is 13.2 Å². The van der Waals surface area contributed by atoms with Gasteiger partial charge in [0.05, 0.1) is 11.1 Å². The number of benzene rings is 2. The fraction of sp³-hybridized carbons (Fsp3) is 0.286. The van der Waals surface area contributed by atoms with Crippen molar-refractivity contribution in [1.82, 2.24) is 15.5 Å². The van der Waals surface area contributed by atoms with Gasteiger partial charge in [-0.05, 0) is 49.2 Å². The molecule has 31 heavy (non-hydrogen) atoms. The lowest BCUT2D eigenvalue weighted by atomic mass is 10.1. The Labute approximate surface area is 186 Å². The van der Waals surface area contributed by atoms with E-state index in [0.717, 1.165) is 34.2 Å². The molecule has 2 heterocycles. The Balaban J connectivity index is 0.000000401. The van der Waals surface area contributed by atoms with Gasteiger partial charge in [0.2, 0.25) is 6.29 Å². The fourth-order valence-electron chi connectivity index (χ4n) is 2.87. The van der Waals surface area contributed by atoms with Crippen LogP contribution in [0.15, 0.2) is 36.4 Å². The topological polar surface area (TPSA) is 64.1 Å². The van der Waals surface area contributed by atoms with Crippen LogP contribution in [0.25, 0.3) is 21.1 Å². The van der Waals surface area contributed by atoms with Crippen molar-refractivity contribution in [2.45, 2.75) is 39.2 Å². The maximum Gasteiger partial charge on any atom is 0.446 e. The summed E-state index contributed by atoms with van der Waals surface area (Å²) >= 11 is 7.91. The maximum atomic E-state index is 10.4. The normalized spacial score (nSPS) is 12.9. The number of carbonyl (C=O) groups is 1. The van der Waals surface area contributed by atoms with E-state index >= 15 is 0 Å². The summed E-state index contributed by atoms with van der Waals surface area (Å²) in [6, 6.07) is 12.2. The zero-order valence-electron chi connectivity index (χ0n) is 16.7. The summed E-state index contributed by atoms with van der Waals surface area (Å²) in [5.41, 5.74) is 4.76. The van der Waals surface area contributed by atoms with E-state index in [1.807, 2.05) is 32.0 Å². The zero-order chi connectivity index (χ0) is 22.6. The third-order valence-corrected chi connectivity index (χ3v) is 5.50. The highest BCUT2D eigenvalue weighted by atomic mass is 35.5. The number of carbonyl (C=O) groups excluding carboxylic acids is 1. The van der Waals surface area contributed by atoms with E-state index < -0.39 is 12.5 Å². The Morgan fingerprint density at radius 1 is 1.06 bits per heavy atom. The van der Waals surface area contributed by atoms with Crippen LogP contribution in [0.3, 0.4) is 0 Å². The average molecular weight is 470 g/mol. The summed E-state index contributed by atoms with van der Waals surface area (Å²) in [7, 11) is 0. The minimum absolute atomic E-state index is 0.0887. The van der Waals surface area contributed by atoms with Crippen LogP contribution in [0.5, 0.6) is 5.75 Å². The van der Waals surface area contributed by atoms with Gasteiger partial charge in [-0.3, -0.25) is 4.79 Å². The molecule has 1 aromatic heterocycles. The van der Waals surface area contributed by atoms with Crippen molar-refractivity contribution in [2.75, 3.05) is 0 Å². The number of fused-ring (bicyclic) bond motifs is 1. The molecule has 2 aromatic carbocycles. The predicted molar refractivity (Wildman–Crippen MR) is 114 cm³/mol. The summed E-state index contributed by atoms with van der Waals surface area (Å²) in [6.07, 6.45) is -5.61. The molecule has 0 unspecified atom stereocenters. The van der Waals surface area contributed by atoms with Crippen molar-refractivity contribution < 1.29 is 22.7 Å². The first-order valence-corrected chi connectivity index (χ1v) is 10.5. The molecule has 4 rings (SSSR count). The largest absolute Gasteiger partial charge is 0.489 e. The predicted octanol–water partition coefficient (Wildman–Crippen LogP) is 5.66. The van der Waals surface area contributed by atoms with Crippen LogP contribution in [0.1, 0.15) is 25.0 Å². The fourth-order valence-corrected chi connectivity index (χ4v) is 3.93. The van der Waals surface area contributed by atoms with Gasteiger partial charge in [-0.2, -0.15) is 13.2 Å². The Hall–Kier alpha value is -2.49. The van der Waals surface area contributed by atoms with Gasteiger partial charge in [0.15, 0.2) is 0 Å². The van der Waals surface area contributed by atoms with E-state index in [0.29, 0.717) is 10.8 Å². The van der Waals surface area contributed by atoms with Crippen LogP contribution in [-0.2, 0) is 17.9 Å². The molecule has 3 aromatic rings. The summed E-state index contributed by atoms with van der Waals surface area (Å²) < 4.78 is 36.9. The molecule has 1 N–H and O–H groups in total. The lowest BCUT2D eigenvalue weighted by Gasteiger charge is -2.11. The molecule has 0 fully saturated rings. The van der Waals surface area contributed by atoms with E-state index in [-0.39, 0.29) is 6.10 Å². The van der Waals surface area contributed by atoms with E-state index in [1.165, 1.54) is 11.1 Å². The molecular formula is C21H19ClF3N3O2S. The first-order valence-electron chi connectivity index (χ1n) is 9.32. The number of rotatable bonds is 4. The van der Waals surface area contributed by atoms with E-state index in [4.69, 9.17) is 21.1 Å². The molecule has 0 spiro atoms. The van der Waals surface area contributed by atoms with Crippen molar-refractivity contribution >= 4 is 29.2 Å². The van der Waals surface area contributed by atoms with Gasteiger partial charge in [0.25, 0.3) is 0 Å².